The summed E-state index contributed by atoms with van der Waals surface area (Å²) in [5.74, 6) is 0.910. The largest absolute Gasteiger partial charge is 0.396 e. The first-order valence-electron chi connectivity index (χ1n) is 9.51. The van der Waals surface area contributed by atoms with E-state index in [1.165, 1.54) is 24.0 Å². The van der Waals surface area contributed by atoms with Crippen LogP contribution in [-0.2, 0) is 13.1 Å². The Morgan fingerprint density at radius 2 is 1.17 bits per heavy atom. The van der Waals surface area contributed by atoms with E-state index in [0.717, 1.165) is 52.1 Å². The normalized spacial score (nSPS) is 26.6. The first-order chi connectivity index (χ1) is 11.8. The minimum Gasteiger partial charge on any atom is -0.396 e. The molecule has 0 amide bonds. The molecule has 1 aromatic rings. The molecule has 4 nitrogen and oxygen atoms in total. The Morgan fingerprint density at radius 3 is 1.54 bits per heavy atom. The van der Waals surface area contributed by atoms with Crippen LogP contribution >= 0.6 is 0 Å². The highest BCUT2D eigenvalue weighted by molar-refractivity contribution is 5.22. The summed E-state index contributed by atoms with van der Waals surface area (Å²) in [6.45, 7) is 6.96. The number of likely N-dealkylation sites (tertiary alicyclic amines) is 2. The van der Waals surface area contributed by atoms with Gasteiger partial charge in [-0.05, 0) is 61.7 Å². The van der Waals surface area contributed by atoms with Crippen molar-refractivity contribution in [3.63, 3.8) is 0 Å². The molecule has 134 valence electrons. The Labute approximate surface area is 146 Å². The van der Waals surface area contributed by atoms with Gasteiger partial charge in [0.05, 0.1) is 0 Å². The molecule has 2 saturated heterocycles. The van der Waals surface area contributed by atoms with Gasteiger partial charge < -0.3 is 10.2 Å². The standard InChI is InChI=1S/C20H32N2O2/c23-15-19-3-1-9-21(13-19)11-17-5-7-18(8-6-17)12-22-10-2-4-20(14-22)16-24/h5-8,19-20,23-24H,1-4,9-16H2. The van der Waals surface area contributed by atoms with Crippen LogP contribution in [0.3, 0.4) is 0 Å². The quantitative estimate of drug-likeness (QED) is 0.837. The molecule has 1 aromatic carbocycles. The van der Waals surface area contributed by atoms with Crippen molar-refractivity contribution >= 4 is 0 Å². The van der Waals surface area contributed by atoms with Gasteiger partial charge >= 0.3 is 0 Å². The monoisotopic (exact) mass is 332 g/mol. The van der Waals surface area contributed by atoms with Gasteiger partial charge in [-0.2, -0.15) is 0 Å². The van der Waals surface area contributed by atoms with Gasteiger partial charge in [0.2, 0.25) is 0 Å². The van der Waals surface area contributed by atoms with Gasteiger partial charge in [0.15, 0.2) is 0 Å². The van der Waals surface area contributed by atoms with E-state index in [2.05, 4.69) is 34.1 Å². The van der Waals surface area contributed by atoms with E-state index in [-0.39, 0.29) is 0 Å². The van der Waals surface area contributed by atoms with Crippen molar-refractivity contribution in [2.45, 2.75) is 38.8 Å². The smallest absolute Gasteiger partial charge is 0.0471 e. The Balaban J connectivity index is 1.50. The Kier molecular flexibility index (Phi) is 6.67. The van der Waals surface area contributed by atoms with Crippen molar-refractivity contribution in [1.29, 1.82) is 0 Å². The summed E-state index contributed by atoms with van der Waals surface area (Å²) < 4.78 is 0. The predicted molar refractivity (Wildman–Crippen MR) is 96.6 cm³/mol. The number of hydrogen-bond donors (Lipinski definition) is 2. The lowest BCUT2D eigenvalue weighted by Crippen LogP contribution is -2.36. The third kappa shape index (κ3) is 5.03. The molecule has 3 rings (SSSR count). The van der Waals surface area contributed by atoms with Crippen LogP contribution in [0.2, 0.25) is 0 Å². The summed E-state index contributed by atoms with van der Waals surface area (Å²) in [7, 11) is 0. The van der Waals surface area contributed by atoms with Gasteiger partial charge in [-0.25, -0.2) is 0 Å². The summed E-state index contributed by atoms with van der Waals surface area (Å²) in [5, 5.41) is 18.7. The molecule has 2 aliphatic rings. The van der Waals surface area contributed by atoms with E-state index in [0.29, 0.717) is 25.0 Å². The molecule has 2 heterocycles. The van der Waals surface area contributed by atoms with Crippen molar-refractivity contribution in [2.75, 3.05) is 39.4 Å². The van der Waals surface area contributed by atoms with E-state index in [1.54, 1.807) is 0 Å². The van der Waals surface area contributed by atoms with Crippen molar-refractivity contribution in [2.24, 2.45) is 11.8 Å². The molecule has 2 aliphatic heterocycles. The fraction of sp³-hybridized carbons (Fsp3) is 0.700. The molecule has 0 radical (unpaired) electrons. The van der Waals surface area contributed by atoms with Gasteiger partial charge in [-0.1, -0.05) is 24.3 Å². The van der Waals surface area contributed by atoms with Crippen LogP contribution in [-0.4, -0.2) is 59.4 Å². The molecule has 0 saturated carbocycles. The number of aliphatic hydroxyl groups excluding tert-OH is 2. The van der Waals surface area contributed by atoms with Crippen LogP contribution in [0, 0.1) is 11.8 Å². The Hall–Kier alpha value is -0.940. The number of nitrogens with zero attached hydrogens (tertiary/aromatic N) is 2. The molecule has 0 aromatic heterocycles. The summed E-state index contributed by atoms with van der Waals surface area (Å²) in [6.07, 6.45) is 4.72. The number of rotatable bonds is 6. The lowest BCUT2D eigenvalue weighted by atomic mass is 9.98. The van der Waals surface area contributed by atoms with E-state index in [9.17, 15) is 10.2 Å². The van der Waals surface area contributed by atoms with Crippen LogP contribution in [0.1, 0.15) is 36.8 Å². The second-order valence-electron chi connectivity index (χ2n) is 7.67. The third-order valence-corrected chi connectivity index (χ3v) is 5.56. The lowest BCUT2D eigenvalue weighted by molar-refractivity contribution is 0.115. The van der Waals surface area contributed by atoms with E-state index in [1.807, 2.05) is 0 Å². The summed E-state index contributed by atoms with van der Waals surface area (Å²) in [4.78, 5) is 4.94. The lowest BCUT2D eigenvalue weighted by Gasteiger charge is -2.32. The maximum absolute atomic E-state index is 9.36. The minimum absolute atomic E-state index is 0.320. The van der Waals surface area contributed by atoms with E-state index in [4.69, 9.17) is 0 Å². The molecule has 2 N–H and O–H groups in total. The average molecular weight is 332 g/mol. The van der Waals surface area contributed by atoms with Crippen molar-refractivity contribution in [3.05, 3.63) is 35.4 Å². The van der Waals surface area contributed by atoms with Crippen LogP contribution in [0.25, 0.3) is 0 Å². The molecule has 2 fully saturated rings. The second-order valence-corrected chi connectivity index (χ2v) is 7.67. The minimum atomic E-state index is 0.320. The van der Waals surface area contributed by atoms with Crippen LogP contribution < -0.4 is 0 Å². The fourth-order valence-electron chi connectivity index (χ4n) is 4.15. The highest BCUT2D eigenvalue weighted by Crippen LogP contribution is 2.20. The molecule has 0 spiro atoms. The summed E-state index contributed by atoms with van der Waals surface area (Å²) in [6, 6.07) is 9.02. The van der Waals surface area contributed by atoms with Crippen molar-refractivity contribution in [3.8, 4) is 0 Å². The van der Waals surface area contributed by atoms with Crippen molar-refractivity contribution < 1.29 is 10.2 Å². The zero-order valence-electron chi connectivity index (χ0n) is 14.7. The van der Waals surface area contributed by atoms with Gasteiger partial charge in [0.25, 0.3) is 0 Å². The molecular formula is C20H32N2O2. The molecule has 2 atom stereocenters. The highest BCUT2D eigenvalue weighted by Gasteiger charge is 2.20. The number of piperidine rings is 2. The Bertz CT molecular complexity index is 446. The van der Waals surface area contributed by atoms with Gasteiger partial charge in [0.1, 0.15) is 0 Å². The fourth-order valence-corrected chi connectivity index (χ4v) is 4.15. The zero-order chi connectivity index (χ0) is 16.8. The van der Waals surface area contributed by atoms with Gasteiger partial charge in [0, 0.05) is 39.4 Å². The zero-order valence-corrected chi connectivity index (χ0v) is 14.7. The molecule has 2 unspecified atom stereocenters. The number of aliphatic hydroxyl groups is 2. The van der Waals surface area contributed by atoms with Crippen LogP contribution in [0.15, 0.2) is 24.3 Å². The summed E-state index contributed by atoms with van der Waals surface area (Å²) >= 11 is 0. The molecule has 0 bridgehead atoms. The van der Waals surface area contributed by atoms with Gasteiger partial charge in [-0.3, -0.25) is 9.80 Å². The molecule has 0 aliphatic carbocycles. The van der Waals surface area contributed by atoms with Crippen molar-refractivity contribution in [1.82, 2.24) is 9.80 Å². The predicted octanol–water partition coefficient (Wildman–Crippen LogP) is 2.10. The topological polar surface area (TPSA) is 46.9 Å². The third-order valence-electron chi connectivity index (χ3n) is 5.56. The number of hydrogen-bond acceptors (Lipinski definition) is 4. The highest BCUT2D eigenvalue weighted by atomic mass is 16.3. The Morgan fingerprint density at radius 1 is 0.750 bits per heavy atom. The van der Waals surface area contributed by atoms with E-state index < -0.39 is 0 Å². The first-order valence-corrected chi connectivity index (χ1v) is 9.51. The van der Waals surface area contributed by atoms with Gasteiger partial charge in [-0.15, -0.1) is 0 Å². The first kappa shape index (κ1) is 17.9. The average Bonchev–Trinajstić information content (AvgIpc) is 2.64. The SMILES string of the molecule is OCC1CCCN(Cc2ccc(CN3CCCC(CO)C3)cc2)C1. The second kappa shape index (κ2) is 8.95. The van der Waals surface area contributed by atoms with Crippen LogP contribution in [0.5, 0.6) is 0 Å². The molecular weight excluding hydrogens is 300 g/mol. The molecule has 4 heteroatoms. The maximum atomic E-state index is 9.36. The van der Waals surface area contributed by atoms with Crippen LogP contribution in [0.4, 0.5) is 0 Å². The van der Waals surface area contributed by atoms with E-state index >= 15 is 0 Å². The molecule has 24 heavy (non-hydrogen) atoms. The number of benzene rings is 1. The summed E-state index contributed by atoms with van der Waals surface area (Å²) in [5.41, 5.74) is 2.73. The maximum Gasteiger partial charge on any atom is 0.0471 e.